The number of hydrazine groups is 1. The van der Waals surface area contributed by atoms with Gasteiger partial charge in [-0.2, -0.15) is 4.68 Å². The van der Waals surface area contributed by atoms with E-state index in [0.29, 0.717) is 16.8 Å². The number of nitrogen functional groups attached to an aromatic ring is 1. The second kappa shape index (κ2) is 6.82. The Hall–Kier alpha value is -3.83. The van der Waals surface area contributed by atoms with E-state index >= 15 is 0 Å². The zero-order valence-electron chi connectivity index (χ0n) is 14.2. The minimum atomic E-state index is -1.03. The molecule has 10 nitrogen and oxygen atoms in total. The Balaban J connectivity index is 1.74. The van der Waals surface area contributed by atoms with Gasteiger partial charge in [-0.3, -0.25) is 15.6 Å². The number of nitrogens with one attached hydrogen (secondary N) is 2. The molecule has 140 valence electrons. The maximum absolute atomic E-state index is 13.4. The second-order valence-corrected chi connectivity index (χ2v) is 5.55. The van der Waals surface area contributed by atoms with Crippen LogP contribution in [-0.2, 0) is 0 Å². The van der Waals surface area contributed by atoms with E-state index in [1.165, 1.54) is 4.68 Å². The average molecular weight is 376 g/mol. The summed E-state index contributed by atoms with van der Waals surface area (Å²) in [6.07, 6.45) is 0. The number of aryl methyl sites for hydroxylation is 1. The van der Waals surface area contributed by atoms with E-state index in [1.807, 2.05) is 0 Å². The molecule has 27 heavy (non-hydrogen) atoms. The van der Waals surface area contributed by atoms with Gasteiger partial charge in [-0.1, -0.05) is 11.8 Å². The van der Waals surface area contributed by atoms with Crippen LogP contribution in [0.25, 0.3) is 11.5 Å². The third kappa shape index (κ3) is 3.31. The maximum Gasteiger partial charge on any atom is 0.292 e. The lowest BCUT2D eigenvalue weighted by Gasteiger charge is -2.13. The molecule has 0 fully saturated rings. The molecule has 2 aromatic heterocycles. The van der Waals surface area contributed by atoms with Gasteiger partial charge in [0.15, 0.2) is 17.3 Å². The van der Waals surface area contributed by atoms with Gasteiger partial charge in [-0.05, 0) is 41.9 Å². The first-order chi connectivity index (χ1) is 12.8. The number of nitrogens with two attached hydrogens (primary N) is 1. The monoisotopic (exact) mass is 376 g/mol. The van der Waals surface area contributed by atoms with Crippen LogP contribution in [0.3, 0.4) is 0 Å². The first kappa shape index (κ1) is 18.0. The summed E-state index contributed by atoms with van der Waals surface area (Å²) in [5, 5.41) is 14.6. The summed E-state index contributed by atoms with van der Waals surface area (Å²) in [5.74, 6) is -2.57. The molecule has 0 radical (unpaired) electrons. The van der Waals surface area contributed by atoms with Gasteiger partial charge in [-0.15, -0.1) is 5.10 Å². The number of amides is 1. The lowest BCUT2D eigenvalue weighted by molar-refractivity contribution is 0.0936. The molecule has 0 saturated carbocycles. The fourth-order valence-electron chi connectivity index (χ4n) is 2.31. The fraction of sp³-hybridized carbons (Fsp3) is 0.133. The van der Waals surface area contributed by atoms with E-state index in [0.717, 1.165) is 12.1 Å². The Morgan fingerprint density at radius 1 is 1.22 bits per heavy atom. The second-order valence-electron chi connectivity index (χ2n) is 5.55. The maximum atomic E-state index is 13.4. The normalized spacial score (nSPS) is 10.7. The Morgan fingerprint density at radius 3 is 2.59 bits per heavy atom. The Bertz CT molecular complexity index is 1040. The molecule has 0 aliphatic rings. The van der Waals surface area contributed by atoms with Crippen LogP contribution < -0.4 is 16.6 Å². The number of carbonyl (C=O) groups excluding carboxylic acids is 1. The van der Waals surface area contributed by atoms with Crippen molar-refractivity contribution in [3.05, 3.63) is 52.9 Å². The highest BCUT2D eigenvalue weighted by atomic mass is 19.2. The number of halogens is 2. The predicted octanol–water partition coefficient (Wildman–Crippen LogP) is 1.03. The highest BCUT2D eigenvalue weighted by Gasteiger charge is 2.21. The molecule has 0 bridgehead atoms. The molecule has 0 saturated heterocycles. The molecule has 0 spiro atoms. The molecule has 1 aromatic carbocycles. The van der Waals surface area contributed by atoms with Crippen molar-refractivity contribution >= 4 is 17.4 Å². The van der Waals surface area contributed by atoms with Crippen LogP contribution in [0.5, 0.6) is 0 Å². The van der Waals surface area contributed by atoms with Crippen LogP contribution >= 0.6 is 0 Å². The van der Waals surface area contributed by atoms with Gasteiger partial charge < -0.3 is 5.73 Å². The number of nitrogens with zero attached hydrogens (tertiary/aromatic N) is 5. The van der Waals surface area contributed by atoms with E-state index in [9.17, 15) is 13.6 Å². The molecule has 3 rings (SSSR count). The number of aromatic nitrogens is 5. The number of rotatable bonds is 5. The molecule has 0 aliphatic heterocycles. The molecule has 0 atom stereocenters. The smallest absolute Gasteiger partial charge is 0.292 e. The standard InChI is InChI=1S/C15H14F2N8O2/c1-6-4-10(16)11(17)5-9(6)7(2)19-21-15(26)12-8(3)25(24-20-12)14-13(18)22-27-23-14/h4-5,19H,2H2,1,3H3,(H2,18,22)(H,21,26). The van der Waals surface area contributed by atoms with Crippen LogP contribution in [0.15, 0.2) is 23.3 Å². The van der Waals surface area contributed by atoms with E-state index in [-0.39, 0.29) is 23.0 Å². The van der Waals surface area contributed by atoms with Crippen molar-refractivity contribution in [2.75, 3.05) is 5.73 Å². The summed E-state index contributed by atoms with van der Waals surface area (Å²) >= 11 is 0. The van der Waals surface area contributed by atoms with Crippen molar-refractivity contribution in [2.24, 2.45) is 0 Å². The minimum Gasteiger partial charge on any atom is -0.378 e. The highest BCUT2D eigenvalue weighted by Crippen LogP contribution is 2.19. The van der Waals surface area contributed by atoms with E-state index < -0.39 is 17.5 Å². The van der Waals surface area contributed by atoms with Gasteiger partial charge in [0, 0.05) is 5.56 Å². The summed E-state index contributed by atoms with van der Waals surface area (Å²) in [6.45, 7) is 6.85. The van der Waals surface area contributed by atoms with Crippen molar-refractivity contribution in [3.8, 4) is 5.82 Å². The summed E-state index contributed by atoms with van der Waals surface area (Å²) in [5.41, 5.74) is 11.7. The van der Waals surface area contributed by atoms with Crippen LogP contribution in [0.1, 0.15) is 27.3 Å². The number of carbonyl (C=O) groups is 1. The first-order valence-electron chi connectivity index (χ1n) is 7.51. The number of hydrogen-bond acceptors (Lipinski definition) is 8. The SMILES string of the molecule is C=C(NNC(=O)c1nnn(-c2nonc2N)c1C)c1cc(F)c(F)cc1C. The summed E-state index contributed by atoms with van der Waals surface area (Å²) in [7, 11) is 0. The van der Waals surface area contributed by atoms with E-state index in [1.54, 1.807) is 13.8 Å². The molecular formula is C15H14F2N8O2. The van der Waals surface area contributed by atoms with Crippen LogP contribution in [-0.4, -0.2) is 31.2 Å². The summed E-state index contributed by atoms with van der Waals surface area (Å²) < 4.78 is 32.3. The Morgan fingerprint density at radius 2 is 1.93 bits per heavy atom. The fourth-order valence-corrected chi connectivity index (χ4v) is 2.31. The number of benzene rings is 1. The molecule has 1 amide bonds. The van der Waals surface area contributed by atoms with E-state index in [2.05, 4.69) is 42.7 Å². The highest BCUT2D eigenvalue weighted by molar-refractivity contribution is 5.93. The zero-order valence-corrected chi connectivity index (χ0v) is 14.2. The molecule has 4 N–H and O–H groups in total. The molecule has 0 unspecified atom stereocenters. The lowest BCUT2D eigenvalue weighted by Crippen LogP contribution is -2.36. The van der Waals surface area contributed by atoms with Crippen molar-refractivity contribution in [3.63, 3.8) is 0 Å². The van der Waals surface area contributed by atoms with Gasteiger partial charge in [-0.25, -0.2) is 13.4 Å². The summed E-state index contributed by atoms with van der Waals surface area (Å²) in [6, 6.07) is 2.01. The van der Waals surface area contributed by atoms with Crippen LogP contribution in [0.2, 0.25) is 0 Å². The van der Waals surface area contributed by atoms with Crippen LogP contribution in [0.4, 0.5) is 14.6 Å². The van der Waals surface area contributed by atoms with Gasteiger partial charge in [0.25, 0.3) is 5.91 Å². The van der Waals surface area contributed by atoms with Crippen molar-refractivity contribution in [1.82, 2.24) is 36.2 Å². The quantitative estimate of drug-likeness (QED) is 0.562. The molecule has 0 aliphatic carbocycles. The summed E-state index contributed by atoms with van der Waals surface area (Å²) in [4.78, 5) is 12.3. The molecular weight excluding hydrogens is 362 g/mol. The predicted molar refractivity (Wildman–Crippen MR) is 89.1 cm³/mol. The van der Waals surface area contributed by atoms with Crippen molar-refractivity contribution < 1.29 is 18.2 Å². The Labute approximate surface area is 151 Å². The third-order valence-corrected chi connectivity index (χ3v) is 3.73. The van der Waals surface area contributed by atoms with E-state index in [4.69, 9.17) is 5.73 Å². The van der Waals surface area contributed by atoms with Gasteiger partial charge in [0.1, 0.15) is 0 Å². The van der Waals surface area contributed by atoms with Crippen molar-refractivity contribution in [1.29, 1.82) is 0 Å². The number of hydrogen-bond donors (Lipinski definition) is 3. The molecule has 2 heterocycles. The lowest BCUT2D eigenvalue weighted by atomic mass is 10.1. The topological polar surface area (TPSA) is 137 Å². The molecule has 3 aromatic rings. The van der Waals surface area contributed by atoms with Crippen molar-refractivity contribution in [2.45, 2.75) is 13.8 Å². The number of anilines is 1. The van der Waals surface area contributed by atoms with Crippen LogP contribution in [0, 0.1) is 25.5 Å². The average Bonchev–Trinajstić information content (AvgIpc) is 3.21. The first-order valence-corrected chi connectivity index (χ1v) is 7.51. The minimum absolute atomic E-state index is 0.0183. The zero-order chi connectivity index (χ0) is 19.7. The molecule has 12 heteroatoms. The Kier molecular flexibility index (Phi) is 4.54. The largest absolute Gasteiger partial charge is 0.378 e. The third-order valence-electron chi connectivity index (χ3n) is 3.73. The van der Waals surface area contributed by atoms with Gasteiger partial charge in [0.2, 0.25) is 11.6 Å². The van der Waals surface area contributed by atoms with Gasteiger partial charge >= 0.3 is 0 Å². The van der Waals surface area contributed by atoms with Gasteiger partial charge in [0.05, 0.1) is 11.4 Å².